The molecule has 0 saturated heterocycles. The van der Waals surface area contributed by atoms with Crippen LogP contribution < -0.4 is 4.72 Å². The summed E-state index contributed by atoms with van der Waals surface area (Å²) in [6.07, 6.45) is 0. The minimum absolute atomic E-state index is 0.178. The molecule has 0 aliphatic rings. The van der Waals surface area contributed by atoms with Crippen molar-refractivity contribution in [3.8, 4) is 0 Å². The summed E-state index contributed by atoms with van der Waals surface area (Å²) in [5, 5.41) is 9.30. The first-order chi connectivity index (χ1) is 7.36. The number of aliphatic hydroxyl groups is 1. The van der Waals surface area contributed by atoms with Crippen LogP contribution in [0.5, 0.6) is 0 Å². The molecule has 0 aliphatic carbocycles. The maximum absolute atomic E-state index is 11.9. The van der Waals surface area contributed by atoms with Gasteiger partial charge in [-0.1, -0.05) is 11.6 Å². The molecule has 2 N–H and O–H groups in total. The monoisotopic (exact) mass is 263 g/mol. The van der Waals surface area contributed by atoms with Crippen LogP contribution in [0.2, 0.25) is 5.02 Å². The lowest BCUT2D eigenvalue weighted by atomic mass is 10.2. The summed E-state index contributed by atoms with van der Waals surface area (Å²) in [6, 6.07) is 4.04. The highest BCUT2D eigenvalue weighted by atomic mass is 35.5. The number of halogens is 1. The van der Waals surface area contributed by atoms with Gasteiger partial charge in [0.25, 0.3) is 0 Å². The molecule has 0 saturated carbocycles. The summed E-state index contributed by atoms with van der Waals surface area (Å²) in [5.41, 5.74) is 0.574. The average molecular weight is 264 g/mol. The second kappa shape index (κ2) is 5.14. The summed E-state index contributed by atoms with van der Waals surface area (Å²) in [7, 11) is -3.59. The maximum Gasteiger partial charge on any atom is 0.241 e. The molecule has 1 aromatic carbocycles. The van der Waals surface area contributed by atoms with E-state index >= 15 is 0 Å². The first-order valence-electron chi connectivity index (χ1n) is 4.76. The van der Waals surface area contributed by atoms with Crippen LogP contribution in [0.4, 0.5) is 0 Å². The lowest BCUT2D eigenvalue weighted by Crippen LogP contribution is -2.35. The first-order valence-corrected chi connectivity index (χ1v) is 6.62. The lowest BCUT2D eigenvalue weighted by molar-refractivity contribution is 0.265. The molecule has 0 radical (unpaired) electrons. The number of hydrogen-bond acceptors (Lipinski definition) is 3. The standard InChI is InChI=1S/C10H14ClNO3S/c1-7-5-9(11)3-4-10(7)16(14,15)12-8(2)6-13/h3-5,8,12-13H,6H2,1-2H3/t8-/m1/s1. The number of rotatable bonds is 4. The minimum Gasteiger partial charge on any atom is -0.395 e. The van der Waals surface area contributed by atoms with E-state index in [0.717, 1.165) is 0 Å². The number of aliphatic hydroxyl groups excluding tert-OH is 1. The average Bonchev–Trinajstić information content (AvgIpc) is 2.16. The van der Waals surface area contributed by atoms with Crippen molar-refractivity contribution in [3.63, 3.8) is 0 Å². The zero-order valence-electron chi connectivity index (χ0n) is 9.07. The summed E-state index contributed by atoms with van der Waals surface area (Å²) in [4.78, 5) is 0.178. The molecular weight excluding hydrogens is 250 g/mol. The molecule has 0 aromatic heterocycles. The van der Waals surface area contributed by atoms with Gasteiger partial charge in [0.05, 0.1) is 11.5 Å². The molecule has 4 nitrogen and oxygen atoms in total. The van der Waals surface area contributed by atoms with E-state index in [1.165, 1.54) is 12.1 Å². The van der Waals surface area contributed by atoms with E-state index < -0.39 is 16.1 Å². The van der Waals surface area contributed by atoms with Gasteiger partial charge in [0.15, 0.2) is 0 Å². The highest BCUT2D eigenvalue weighted by Gasteiger charge is 2.18. The molecule has 6 heteroatoms. The van der Waals surface area contributed by atoms with E-state index in [0.29, 0.717) is 10.6 Å². The van der Waals surface area contributed by atoms with Gasteiger partial charge in [-0.25, -0.2) is 13.1 Å². The molecule has 0 fully saturated rings. The van der Waals surface area contributed by atoms with Gasteiger partial charge in [0, 0.05) is 11.1 Å². The van der Waals surface area contributed by atoms with Crippen molar-refractivity contribution in [1.29, 1.82) is 0 Å². The third-order valence-corrected chi connectivity index (χ3v) is 4.04. The van der Waals surface area contributed by atoms with Crippen LogP contribution in [0.25, 0.3) is 0 Å². The third kappa shape index (κ3) is 3.18. The predicted octanol–water partition coefficient (Wildman–Crippen LogP) is 1.31. The lowest BCUT2D eigenvalue weighted by Gasteiger charge is -2.13. The van der Waals surface area contributed by atoms with Gasteiger partial charge < -0.3 is 5.11 Å². The number of aryl methyl sites for hydroxylation is 1. The second-order valence-electron chi connectivity index (χ2n) is 3.61. The molecule has 1 atom stereocenters. The van der Waals surface area contributed by atoms with Crippen molar-refractivity contribution in [2.45, 2.75) is 24.8 Å². The zero-order valence-corrected chi connectivity index (χ0v) is 10.6. The Morgan fingerprint density at radius 2 is 2.12 bits per heavy atom. The van der Waals surface area contributed by atoms with Gasteiger partial charge in [0.1, 0.15) is 0 Å². The summed E-state index contributed by atoms with van der Waals surface area (Å²) >= 11 is 5.74. The predicted molar refractivity (Wildman–Crippen MR) is 63.1 cm³/mol. The fourth-order valence-corrected chi connectivity index (χ4v) is 2.97. The minimum atomic E-state index is -3.59. The summed E-state index contributed by atoms with van der Waals surface area (Å²) in [6.45, 7) is 3.01. The highest BCUT2D eigenvalue weighted by Crippen LogP contribution is 2.19. The summed E-state index contributed by atoms with van der Waals surface area (Å²) < 4.78 is 26.1. The smallest absolute Gasteiger partial charge is 0.241 e. The van der Waals surface area contributed by atoms with Crippen LogP contribution in [0, 0.1) is 6.92 Å². The molecule has 0 aliphatic heterocycles. The molecule has 0 heterocycles. The first kappa shape index (κ1) is 13.4. The SMILES string of the molecule is Cc1cc(Cl)ccc1S(=O)(=O)N[C@H](C)CO. The van der Waals surface area contributed by atoms with Crippen LogP contribution in [-0.4, -0.2) is 26.2 Å². The van der Waals surface area contributed by atoms with Gasteiger partial charge >= 0.3 is 0 Å². The van der Waals surface area contributed by atoms with Gasteiger partial charge in [-0.05, 0) is 37.6 Å². The fourth-order valence-electron chi connectivity index (χ4n) is 1.28. The molecule has 0 amide bonds. The number of benzene rings is 1. The number of sulfonamides is 1. The Kier molecular flexibility index (Phi) is 4.32. The van der Waals surface area contributed by atoms with E-state index in [4.69, 9.17) is 16.7 Å². The number of hydrogen-bond donors (Lipinski definition) is 2. The van der Waals surface area contributed by atoms with Crippen molar-refractivity contribution >= 4 is 21.6 Å². The van der Waals surface area contributed by atoms with Crippen LogP contribution in [0.15, 0.2) is 23.1 Å². The fraction of sp³-hybridized carbons (Fsp3) is 0.400. The molecule has 16 heavy (non-hydrogen) atoms. The van der Waals surface area contributed by atoms with Crippen LogP contribution >= 0.6 is 11.6 Å². The van der Waals surface area contributed by atoms with Crippen LogP contribution in [0.3, 0.4) is 0 Å². The summed E-state index contributed by atoms with van der Waals surface area (Å²) in [5.74, 6) is 0. The Bertz CT molecular complexity index is 473. The molecule has 0 unspecified atom stereocenters. The molecule has 1 aromatic rings. The van der Waals surface area contributed by atoms with Gasteiger partial charge in [-0.15, -0.1) is 0 Å². The topological polar surface area (TPSA) is 66.4 Å². The van der Waals surface area contributed by atoms with Gasteiger partial charge in [-0.3, -0.25) is 0 Å². The van der Waals surface area contributed by atoms with Crippen molar-refractivity contribution in [3.05, 3.63) is 28.8 Å². The highest BCUT2D eigenvalue weighted by molar-refractivity contribution is 7.89. The third-order valence-electron chi connectivity index (χ3n) is 2.06. The van der Waals surface area contributed by atoms with Crippen molar-refractivity contribution < 1.29 is 13.5 Å². The normalized spacial score (nSPS) is 13.8. The van der Waals surface area contributed by atoms with Crippen molar-refractivity contribution in [2.24, 2.45) is 0 Å². The number of nitrogens with one attached hydrogen (secondary N) is 1. The van der Waals surface area contributed by atoms with Gasteiger partial charge in [0.2, 0.25) is 10.0 Å². The Labute approximate surface area is 100 Å². The Morgan fingerprint density at radius 3 is 2.62 bits per heavy atom. The molecule has 0 spiro atoms. The molecule has 90 valence electrons. The van der Waals surface area contributed by atoms with Gasteiger partial charge in [-0.2, -0.15) is 0 Å². The molecular formula is C10H14ClNO3S. The van der Waals surface area contributed by atoms with Crippen molar-refractivity contribution in [2.75, 3.05) is 6.61 Å². The van der Waals surface area contributed by atoms with E-state index in [1.807, 2.05) is 0 Å². The largest absolute Gasteiger partial charge is 0.395 e. The Hall–Kier alpha value is -0.620. The van der Waals surface area contributed by atoms with Crippen molar-refractivity contribution in [1.82, 2.24) is 4.72 Å². The van der Waals surface area contributed by atoms with E-state index in [2.05, 4.69) is 4.72 Å². The Balaban J connectivity index is 3.08. The zero-order chi connectivity index (χ0) is 12.3. The molecule has 0 bridgehead atoms. The van der Waals surface area contributed by atoms with E-state index in [-0.39, 0.29) is 11.5 Å². The van der Waals surface area contributed by atoms with Crippen LogP contribution in [-0.2, 0) is 10.0 Å². The van der Waals surface area contributed by atoms with E-state index in [1.54, 1.807) is 19.9 Å². The van der Waals surface area contributed by atoms with E-state index in [9.17, 15) is 8.42 Å². The quantitative estimate of drug-likeness (QED) is 0.861. The Morgan fingerprint density at radius 1 is 1.50 bits per heavy atom. The maximum atomic E-state index is 11.9. The van der Waals surface area contributed by atoms with Crippen LogP contribution in [0.1, 0.15) is 12.5 Å². The second-order valence-corrected chi connectivity index (χ2v) is 5.73. The molecule has 1 rings (SSSR count).